The normalized spacial score (nSPS) is 19.2. The van der Waals surface area contributed by atoms with E-state index in [-0.39, 0.29) is 0 Å². The van der Waals surface area contributed by atoms with Crippen molar-refractivity contribution in [2.45, 2.75) is 11.8 Å². The highest BCUT2D eigenvalue weighted by Crippen LogP contribution is 2.25. The first-order valence-corrected chi connectivity index (χ1v) is 8.21. The first-order chi connectivity index (χ1) is 8.19. The van der Waals surface area contributed by atoms with Gasteiger partial charge in [0.15, 0.2) is 5.17 Å². The Kier molecular flexibility index (Phi) is 4.94. The van der Waals surface area contributed by atoms with E-state index in [2.05, 4.69) is 67.0 Å². The minimum absolute atomic E-state index is 0.593. The van der Waals surface area contributed by atoms with Crippen molar-refractivity contribution in [3.8, 4) is 0 Å². The number of thioether (sulfide) groups is 1. The molecule has 1 aromatic carbocycles. The van der Waals surface area contributed by atoms with Gasteiger partial charge in [0.25, 0.3) is 0 Å². The molecular weight excluding hydrogens is 364 g/mol. The van der Waals surface area contributed by atoms with E-state index in [0.29, 0.717) is 5.25 Å². The zero-order valence-electron chi connectivity index (χ0n) is 9.57. The second-order valence-electron chi connectivity index (χ2n) is 4.00. The SMILES string of the molecule is CN(Cc1cccc(Br)c1)C1=NCC(CBr)S1. The molecule has 0 amide bonds. The fraction of sp³-hybridized carbons (Fsp3) is 0.417. The van der Waals surface area contributed by atoms with Gasteiger partial charge in [-0.15, -0.1) is 0 Å². The molecule has 0 saturated carbocycles. The first kappa shape index (κ1) is 13.4. The Labute approximate surface area is 123 Å². The Hall–Kier alpha value is -0.000000000000000111. The Morgan fingerprint density at radius 1 is 1.53 bits per heavy atom. The molecule has 0 N–H and O–H groups in total. The summed E-state index contributed by atoms with van der Waals surface area (Å²) in [6.07, 6.45) is 0. The lowest BCUT2D eigenvalue weighted by Crippen LogP contribution is -2.23. The molecular formula is C12H14Br2N2S. The molecule has 0 saturated heterocycles. The van der Waals surface area contributed by atoms with Crippen molar-refractivity contribution < 1.29 is 0 Å². The second kappa shape index (κ2) is 6.25. The van der Waals surface area contributed by atoms with Crippen LogP contribution in [-0.2, 0) is 6.54 Å². The van der Waals surface area contributed by atoms with Crippen LogP contribution in [0.3, 0.4) is 0 Å². The van der Waals surface area contributed by atoms with Crippen molar-refractivity contribution in [1.29, 1.82) is 0 Å². The number of halogens is 2. The summed E-state index contributed by atoms with van der Waals surface area (Å²) in [5.41, 5.74) is 1.30. The van der Waals surface area contributed by atoms with Crippen molar-refractivity contribution in [3.05, 3.63) is 34.3 Å². The van der Waals surface area contributed by atoms with Crippen molar-refractivity contribution in [3.63, 3.8) is 0 Å². The largest absolute Gasteiger partial charge is 0.350 e. The van der Waals surface area contributed by atoms with Gasteiger partial charge in [0.05, 0.1) is 6.54 Å². The van der Waals surface area contributed by atoms with E-state index in [0.717, 1.165) is 28.1 Å². The third-order valence-electron chi connectivity index (χ3n) is 2.51. The molecule has 1 aromatic rings. The minimum Gasteiger partial charge on any atom is -0.350 e. The number of hydrogen-bond donors (Lipinski definition) is 0. The third-order valence-corrected chi connectivity index (χ3v) is 5.51. The molecule has 1 aliphatic heterocycles. The Morgan fingerprint density at radius 3 is 3.00 bits per heavy atom. The Morgan fingerprint density at radius 2 is 2.35 bits per heavy atom. The van der Waals surface area contributed by atoms with Gasteiger partial charge in [0.2, 0.25) is 0 Å². The summed E-state index contributed by atoms with van der Waals surface area (Å²) in [6.45, 7) is 1.83. The molecule has 92 valence electrons. The Bertz CT molecular complexity index is 423. The lowest BCUT2D eigenvalue weighted by atomic mass is 10.2. The maximum absolute atomic E-state index is 4.57. The number of rotatable bonds is 3. The molecule has 1 heterocycles. The van der Waals surface area contributed by atoms with Crippen molar-refractivity contribution in [2.75, 3.05) is 18.9 Å². The van der Waals surface area contributed by atoms with Gasteiger partial charge < -0.3 is 4.90 Å². The van der Waals surface area contributed by atoms with Crippen LogP contribution in [0.15, 0.2) is 33.7 Å². The molecule has 17 heavy (non-hydrogen) atoms. The zero-order valence-corrected chi connectivity index (χ0v) is 13.6. The summed E-state index contributed by atoms with van der Waals surface area (Å²) in [5, 5.41) is 2.75. The van der Waals surface area contributed by atoms with Crippen molar-refractivity contribution in [2.24, 2.45) is 4.99 Å². The molecule has 0 spiro atoms. The van der Waals surface area contributed by atoms with Gasteiger partial charge in [-0.2, -0.15) is 0 Å². The minimum atomic E-state index is 0.593. The van der Waals surface area contributed by atoms with E-state index >= 15 is 0 Å². The maximum Gasteiger partial charge on any atom is 0.159 e. The standard InChI is InChI=1S/C12H14Br2N2S/c1-16(12-15-7-11(6-13)17-12)8-9-3-2-4-10(14)5-9/h2-5,11H,6-8H2,1H3. The maximum atomic E-state index is 4.57. The van der Waals surface area contributed by atoms with Crippen LogP contribution in [0.25, 0.3) is 0 Å². The molecule has 1 unspecified atom stereocenters. The van der Waals surface area contributed by atoms with Crippen LogP contribution in [0.5, 0.6) is 0 Å². The predicted octanol–water partition coefficient (Wildman–Crippen LogP) is 3.75. The average molecular weight is 378 g/mol. The monoisotopic (exact) mass is 376 g/mol. The smallest absolute Gasteiger partial charge is 0.159 e. The van der Waals surface area contributed by atoms with E-state index in [1.54, 1.807) is 0 Å². The number of nitrogens with zero attached hydrogens (tertiary/aromatic N) is 2. The first-order valence-electron chi connectivity index (χ1n) is 5.41. The van der Waals surface area contributed by atoms with Gasteiger partial charge in [0, 0.05) is 28.6 Å². The molecule has 0 bridgehead atoms. The fourth-order valence-corrected chi connectivity index (χ4v) is 3.62. The number of alkyl halides is 1. The fourth-order valence-electron chi connectivity index (χ4n) is 1.67. The highest BCUT2D eigenvalue weighted by atomic mass is 79.9. The van der Waals surface area contributed by atoms with Crippen LogP contribution in [-0.4, -0.2) is 34.2 Å². The van der Waals surface area contributed by atoms with E-state index in [1.165, 1.54) is 5.56 Å². The van der Waals surface area contributed by atoms with Crippen LogP contribution >= 0.6 is 43.6 Å². The summed E-state index contributed by atoms with van der Waals surface area (Å²) in [6, 6.07) is 8.41. The van der Waals surface area contributed by atoms with Crippen LogP contribution in [0.1, 0.15) is 5.56 Å². The predicted molar refractivity (Wildman–Crippen MR) is 83.1 cm³/mol. The quantitative estimate of drug-likeness (QED) is 0.745. The molecule has 5 heteroatoms. The number of amidine groups is 1. The molecule has 0 radical (unpaired) electrons. The molecule has 0 aromatic heterocycles. The number of hydrogen-bond acceptors (Lipinski definition) is 3. The highest BCUT2D eigenvalue weighted by Gasteiger charge is 2.21. The van der Waals surface area contributed by atoms with Crippen LogP contribution in [0.4, 0.5) is 0 Å². The highest BCUT2D eigenvalue weighted by molar-refractivity contribution is 9.10. The topological polar surface area (TPSA) is 15.6 Å². The summed E-state index contributed by atoms with van der Waals surface area (Å²) in [4.78, 5) is 6.79. The molecule has 2 nitrogen and oxygen atoms in total. The van der Waals surface area contributed by atoms with Crippen molar-refractivity contribution in [1.82, 2.24) is 4.90 Å². The molecule has 1 atom stereocenters. The second-order valence-corrected chi connectivity index (χ2v) is 6.83. The van der Waals surface area contributed by atoms with E-state index in [9.17, 15) is 0 Å². The van der Waals surface area contributed by atoms with Crippen LogP contribution in [0.2, 0.25) is 0 Å². The summed E-state index contributed by atoms with van der Waals surface area (Å²) in [7, 11) is 2.10. The van der Waals surface area contributed by atoms with Gasteiger partial charge in [-0.25, -0.2) is 0 Å². The zero-order chi connectivity index (χ0) is 12.3. The summed E-state index contributed by atoms with van der Waals surface area (Å²) < 4.78 is 1.13. The van der Waals surface area contributed by atoms with E-state index in [4.69, 9.17) is 0 Å². The van der Waals surface area contributed by atoms with Gasteiger partial charge in [0.1, 0.15) is 0 Å². The van der Waals surface area contributed by atoms with E-state index < -0.39 is 0 Å². The van der Waals surface area contributed by atoms with Gasteiger partial charge in [-0.3, -0.25) is 4.99 Å². The molecule has 0 fully saturated rings. The average Bonchev–Trinajstić information content (AvgIpc) is 2.77. The van der Waals surface area contributed by atoms with Crippen molar-refractivity contribution >= 4 is 48.8 Å². The van der Waals surface area contributed by atoms with E-state index in [1.807, 2.05) is 17.8 Å². The number of benzene rings is 1. The van der Waals surface area contributed by atoms with Crippen LogP contribution in [0, 0.1) is 0 Å². The Balaban J connectivity index is 1.96. The van der Waals surface area contributed by atoms with Gasteiger partial charge >= 0.3 is 0 Å². The number of aliphatic imine (C=N–C) groups is 1. The van der Waals surface area contributed by atoms with Gasteiger partial charge in [-0.05, 0) is 17.7 Å². The molecule has 2 rings (SSSR count). The molecule has 0 aliphatic carbocycles. The summed E-state index contributed by atoms with van der Waals surface area (Å²) in [5.74, 6) is 0. The van der Waals surface area contributed by atoms with Gasteiger partial charge in [-0.1, -0.05) is 55.8 Å². The lowest BCUT2D eigenvalue weighted by Gasteiger charge is -2.19. The third kappa shape index (κ3) is 3.73. The lowest BCUT2D eigenvalue weighted by molar-refractivity contribution is 0.510. The van der Waals surface area contributed by atoms with Crippen LogP contribution < -0.4 is 0 Å². The summed E-state index contributed by atoms with van der Waals surface area (Å²) >= 11 is 8.87. The molecule has 1 aliphatic rings.